The van der Waals surface area contributed by atoms with E-state index in [1.54, 1.807) is 0 Å². The Morgan fingerprint density at radius 1 is 0.632 bits per heavy atom. The maximum atomic E-state index is 11.3. The van der Waals surface area contributed by atoms with Gasteiger partial charge in [0.05, 0.1) is 6.54 Å². The number of nitrogens with one attached hydrogen (secondary N) is 4. The van der Waals surface area contributed by atoms with Crippen molar-refractivity contribution in [3.05, 3.63) is 0 Å². The molecule has 1 rings (SSSR count). The van der Waals surface area contributed by atoms with Gasteiger partial charge in [0.1, 0.15) is 6.42 Å². The van der Waals surface area contributed by atoms with Gasteiger partial charge in [-0.3, -0.25) is 19.2 Å². The van der Waals surface area contributed by atoms with E-state index in [1.165, 1.54) is 0 Å². The highest BCUT2D eigenvalue weighted by atomic mass is 16.2. The Balaban J connectivity index is 2.45. The van der Waals surface area contributed by atoms with Gasteiger partial charge in [0.2, 0.25) is 23.6 Å². The zero-order valence-corrected chi connectivity index (χ0v) is 10.6. The summed E-state index contributed by atoms with van der Waals surface area (Å²) in [5, 5.41) is 10.1. The van der Waals surface area contributed by atoms with Gasteiger partial charge in [-0.15, -0.1) is 0 Å². The first kappa shape index (κ1) is 14.9. The summed E-state index contributed by atoms with van der Waals surface area (Å²) in [6.45, 7) is 0.846. The van der Waals surface area contributed by atoms with Crippen LogP contribution in [0.2, 0.25) is 0 Å². The van der Waals surface area contributed by atoms with E-state index in [0.29, 0.717) is 19.5 Å². The van der Waals surface area contributed by atoms with E-state index in [4.69, 9.17) is 0 Å². The molecule has 0 saturated carbocycles. The van der Waals surface area contributed by atoms with Gasteiger partial charge in [-0.1, -0.05) is 0 Å². The molecule has 0 bridgehead atoms. The normalized spacial score (nSPS) is 20.2. The Morgan fingerprint density at radius 3 is 1.89 bits per heavy atom. The Hall–Kier alpha value is -2.12. The van der Waals surface area contributed by atoms with Crippen LogP contribution < -0.4 is 21.3 Å². The summed E-state index contributed by atoms with van der Waals surface area (Å²) in [5.41, 5.74) is 0. The van der Waals surface area contributed by atoms with Gasteiger partial charge >= 0.3 is 0 Å². The number of rotatable bonds is 0. The molecule has 0 radical (unpaired) electrons. The number of hydrogen-bond acceptors (Lipinski definition) is 4. The predicted molar refractivity (Wildman–Crippen MR) is 65.9 cm³/mol. The quantitative estimate of drug-likeness (QED) is 0.368. The van der Waals surface area contributed by atoms with Gasteiger partial charge in [0, 0.05) is 26.1 Å². The topological polar surface area (TPSA) is 116 Å². The fraction of sp³-hybridized carbons (Fsp3) is 0.636. The molecule has 0 unspecified atom stereocenters. The first-order chi connectivity index (χ1) is 9.08. The van der Waals surface area contributed by atoms with Crippen LogP contribution in [0.25, 0.3) is 0 Å². The second-order valence-corrected chi connectivity index (χ2v) is 4.11. The summed E-state index contributed by atoms with van der Waals surface area (Å²) in [6, 6.07) is 0. The maximum Gasteiger partial charge on any atom is 0.239 e. The Bertz CT molecular complexity index is 370. The Kier molecular flexibility index (Phi) is 6.34. The van der Waals surface area contributed by atoms with Crippen LogP contribution in [-0.2, 0) is 19.2 Å². The predicted octanol–water partition coefficient (Wildman–Crippen LogP) is -2.36. The van der Waals surface area contributed by atoms with Crippen LogP contribution in [0.15, 0.2) is 0 Å². The third-order valence-corrected chi connectivity index (χ3v) is 2.44. The van der Waals surface area contributed by atoms with Crippen LogP contribution in [0.5, 0.6) is 0 Å². The fourth-order valence-corrected chi connectivity index (χ4v) is 1.46. The van der Waals surface area contributed by atoms with Gasteiger partial charge in [0.15, 0.2) is 0 Å². The summed E-state index contributed by atoms with van der Waals surface area (Å²) < 4.78 is 0. The van der Waals surface area contributed by atoms with Crippen molar-refractivity contribution in [3.63, 3.8) is 0 Å². The molecule has 8 heteroatoms. The van der Waals surface area contributed by atoms with E-state index >= 15 is 0 Å². The largest absolute Gasteiger partial charge is 0.356 e. The van der Waals surface area contributed by atoms with Gasteiger partial charge in [-0.25, -0.2) is 0 Å². The minimum Gasteiger partial charge on any atom is -0.356 e. The lowest BCUT2D eigenvalue weighted by atomic mass is 10.3. The number of amides is 4. The zero-order chi connectivity index (χ0) is 14.1. The standard InChI is InChI=1S/C11H18N4O4/c16-8-2-5-14-10(18)6-9(17)12-3-1-4-13-11(19)7-15-8/h1-7H2,(H,12,17)(H,13,19)(H,14,18)(H,15,16). The van der Waals surface area contributed by atoms with Crippen molar-refractivity contribution in [2.24, 2.45) is 0 Å². The molecule has 0 aromatic heterocycles. The van der Waals surface area contributed by atoms with Crippen LogP contribution in [0.1, 0.15) is 19.3 Å². The molecule has 4 N–H and O–H groups in total. The molecule has 0 spiro atoms. The van der Waals surface area contributed by atoms with Crippen LogP contribution >= 0.6 is 0 Å². The summed E-state index contributed by atoms with van der Waals surface area (Å²) in [6.07, 6.45) is 0.377. The molecule has 106 valence electrons. The SMILES string of the molecule is O=C1CCNC(=O)CC(=O)NCCCNC(=O)CN1. The highest BCUT2D eigenvalue weighted by Crippen LogP contribution is 1.85. The molecule has 1 aliphatic rings. The zero-order valence-electron chi connectivity index (χ0n) is 10.6. The summed E-state index contributed by atoms with van der Waals surface area (Å²) in [4.78, 5) is 45.3. The molecule has 19 heavy (non-hydrogen) atoms. The third-order valence-electron chi connectivity index (χ3n) is 2.44. The number of hydrogen-bond donors (Lipinski definition) is 4. The van der Waals surface area contributed by atoms with Gasteiger partial charge in [0.25, 0.3) is 0 Å². The summed E-state index contributed by atoms with van der Waals surface area (Å²) in [7, 11) is 0. The van der Waals surface area contributed by atoms with Crippen molar-refractivity contribution in [3.8, 4) is 0 Å². The van der Waals surface area contributed by atoms with Crippen molar-refractivity contribution in [1.29, 1.82) is 0 Å². The molecule has 0 atom stereocenters. The highest BCUT2D eigenvalue weighted by molar-refractivity contribution is 5.97. The monoisotopic (exact) mass is 270 g/mol. The molecule has 8 nitrogen and oxygen atoms in total. The Labute approximate surface area is 110 Å². The van der Waals surface area contributed by atoms with Crippen molar-refractivity contribution >= 4 is 23.6 Å². The number of carbonyl (C=O) groups excluding carboxylic acids is 4. The lowest BCUT2D eigenvalue weighted by Gasteiger charge is -2.06. The van der Waals surface area contributed by atoms with Crippen molar-refractivity contribution < 1.29 is 19.2 Å². The smallest absolute Gasteiger partial charge is 0.239 e. The van der Waals surface area contributed by atoms with Crippen LogP contribution in [0.3, 0.4) is 0 Å². The third kappa shape index (κ3) is 7.02. The molecule has 1 aliphatic heterocycles. The minimum atomic E-state index is -0.422. The highest BCUT2D eigenvalue weighted by Gasteiger charge is 2.10. The molecule has 1 fully saturated rings. The maximum absolute atomic E-state index is 11.3. The van der Waals surface area contributed by atoms with E-state index in [9.17, 15) is 19.2 Å². The lowest BCUT2D eigenvalue weighted by Crippen LogP contribution is -2.38. The lowest BCUT2D eigenvalue weighted by molar-refractivity contribution is -0.129. The Morgan fingerprint density at radius 2 is 1.21 bits per heavy atom. The van der Waals surface area contributed by atoms with Gasteiger partial charge in [-0.05, 0) is 6.42 Å². The van der Waals surface area contributed by atoms with Crippen molar-refractivity contribution in [2.45, 2.75) is 19.3 Å². The molecule has 0 aliphatic carbocycles. The summed E-state index contributed by atoms with van der Waals surface area (Å²) >= 11 is 0. The molecule has 1 heterocycles. The first-order valence-electron chi connectivity index (χ1n) is 6.14. The number of carbonyl (C=O) groups is 4. The average molecular weight is 270 g/mol. The van der Waals surface area contributed by atoms with Crippen LogP contribution in [-0.4, -0.2) is 49.8 Å². The summed E-state index contributed by atoms with van der Waals surface area (Å²) in [5.74, 6) is -1.40. The fourth-order valence-electron chi connectivity index (χ4n) is 1.46. The van der Waals surface area contributed by atoms with E-state index in [1.807, 2.05) is 0 Å². The van der Waals surface area contributed by atoms with Crippen LogP contribution in [0, 0.1) is 0 Å². The molecular formula is C11H18N4O4. The second-order valence-electron chi connectivity index (χ2n) is 4.11. The molecular weight excluding hydrogens is 252 g/mol. The van der Waals surface area contributed by atoms with Gasteiger partial charge < -0.3 is 21.3 Å². The minimum absolute atomic E-state index is 0.0701. The molecule has 1 saturated heterocycles. The van der Waals surface area contributed by atoms with Crippen molar-refractivity contribution in [1.82, 2.24) is 21.3 Å². The van der Waals surface area contributed by atoms with Gasteiger partial charge in [-0.2, -0.15) is 0 Å². The van der Waals surface area contributed by atoms with E-state index in [2.05, 4.69) is 21.3 Å². The van der Waals surface area contributed by atoms with E-state index in [-0.39, 0.29) is 43.7 Å². The van der Waals surface area contributed by atoms with Crippen LogP contribution in [0.4, 0.5) is 0 Å². The molecule has 0 aromatic rings. The molecule has 0 aromatic carbocycles. The van der Waals surface area contributed by atoms with E-state index < -0.39 is 5.91 Å². The first-order valence-corrected chi connectivity index (χ1v) is 6.14. The van der Waals surface area contributed by atoms with Crippen molar-refractivity contribution in [2.75, 3.05) is 26.2 Å². The second kappa shape index (κ2) is 8.06. The molecule has 4 amide bonds. The average Bonchev–Trinajstić information content (AvgIpc) is 2.35. The van der Waals surface area contributed by atoms with E-state index in [0.717, 1.165) is 0 Å².